The third-order valence-corrected chi connectivity index (χ3v) is 1.48. The Labute approximate surface area is 86.8 Å². The molecule has 1 aromatic rings. The Morgan fingerprint density at radius 1 is 1.50 bits per heavy atom. The predicted octanol–water partition coefficient (Wildman–Crippen LogP) is 1.74. The monoisotopic (exact) mass is 238 g/mol. The molecular weight excluding hydrogens is 233 g/mol. The Hall–Kier alpha value is -2.06. The third-order valence-electron chi connectivity index (χ3n) is 1.48. The van der Waals surface area contributed by atoms with Gasteiger partial charge in [0.1, 0.15) is 0 Å². The SMILES string of the molecule is COc1nc(OC(F)F)c(F)cc1[N+](=O)[O-]. The summed E-state index contributed by atoms with van der Waals surface area (Å²) in [5.74, 6) is -3.03. The summed E-state index contributed by atoms with van der Waals surface area (Å²) in [7, 11) is 1.03. The minimum atomic E-state index is -3.28. The zero-order valence-corrected chi connectivity index (χ0v) is 7.82. The number of methoxy groups -OCH3 is 1. The lowest BCUT2D eigenvalue weighted by atomic mass is 10.4. The predicted molar refractivity (Wildman–Crippen MR) is 44.0 cm³/mol. The Morgan fingerprint density at radius 3 is 2.56 bits per heavy atom. The number of nitrogens with zero attached hydrogens (tertiary/aromatic N) is 2. The van der Waals surface area contributed by atoms with E-state index < -0.39 is 34.8 Å². The summed E-state index contributed by atoms with van der Waals surface area (Å²) >= 11 is 0. The first-order valence-corrected chi connectivity index (χ1v) is 3.79. The summed E-state index contributed by atoms with van der Waals surface area (Å²) in [5.41, 5.74) is -0.776. The Balaban J connectivity index is 3.20. The van der Waals surface area contributed by atoms with Crippen molar-refractivity contribution in [3.63, 3.8) is 0 Å². The lowest BCUT2D eigenvalue weighted by molar-refractivity contribution is -0.386. The number of rotatable bonds is 4. The molecule has 0 spiro atoms. The average molecular weight is 238 g/mol. The van der Waals surface area contributed by atoms with E-state index in [1.54, 1.807) is 0 Å². The fraction of sp³-hybridized carbons (Fsp3) is 0.286. The van der Waals surface area contributed by atoms with Gasteiger partial charge in [0.2, 0.25) is 0 Å². The highest BCUT2D eigenvalue weighted by atomic mass is 19.3. The van der Waals surface area contributed by atoms with Crippen LogP contribution < -0.4 is 9.47 Å². The Morgan fingerprint density at radius 2 is 2.12 bits per heavy atom. The van der Waals surface area contributed by atoms with Crippen LogP contribution in [0.3, 0.4) is 0 Å². The highest BCUT2D eigenvalue weighted by Crippen LogP contribution is 2.30. The first kappa shape index (κ1) is 12.0. The number of ether oxygens (including phenoxy) is 2. The molecular formula is C7H5F3N2O4. The van der Waals surface area contributed by atoms with E-state index in [9.17, 15) is 23.3 Å². The van der Waals surface area contributed by atoms with Gasteiger partial charge in [-0.1, -0.05) is 0 Å². The second kappa shape index (κ2) is 4.64. The van der Waals surface area contributed by atoms with Gasteiger partial charge in [0.25, 0.3) is 11.8 Å². The second-order valence-corrected chi connectivity index (χ2v) is 2.44. The molecule has 0 fully saturated rings. The van der Waals surface area contributed by atoms with Crippen molar-refractivity contribution in [3.8, 4) is 11.8 Å². The average Bonchev–Trinajstić information content (AvgIpc) is 2.19. The van der Waals surface area contributed by atoms with Crippen molar-refractivity contribution in [3.05, 3.63) is 22.0 Å². The van der Waals surface area contributed by atoms with E-state index >= 15 is 0 Å². The number of hydrogen-bond acceptors (Lipinski definition) is 5. The van der Waals surface area contributed by atoms with E-state index in [2.05, 4.69) is 14.5 Å². The van der Waals surface area contributed by atoms with Crippen molar-refractivity contribution >= 4 is 5.69 Å². The minimum Gasteiger partial charge on any atom is -0.476 e. The molecule has 0 unspecified atom stereocenters. The molecule has 1 rings (SSSR count). The van der Waals surface area contributed by atoms with Crippen molar-refractivity contribution in [1.82, 2.24) is 4.98 Å². The second-order valence-electron chi connectivity index (χ2n) is 2.44. The van der Waals surface area contributed by atoms with Crippen LogP contribution in [0, 0.1) is 15.9 Å². The number of halogens is 3. The molecule has 16 heavy (non-hydrogen) atoms. The van der Waals surface area contributed by atoms with Gasteiger partial charge in [-0.15, -0.1) is 0 Å². The van der Waals surface area contributed by atoms with Crippen molar-refractivity contribution < 1.29 is 27.6 Å². The molecule has 0 amide bonds. The summed E-state index contributed by atoms with van der Waals surface area (Å²) in [4.78, 5) is 12.6. The van der Waals surface area contributed by atoms with Gasteiger partial charge in [0.05, 0.1) is 18.1 Å². The molecule has 0 aliphatic carbocycles. The van der Waals surface area contributed by atoms with Crippen LogP contribution >= 0.6 is 0 Å². The van der Waals surface area contributed by atoms with Crippen LogP contribution in [0.25, 0.3) is 0 Å². The maximum atomic E-state index is 13.0. The van der Waals surface area contributed by atoms with E-state index in [1.807, 2.05) is 0 Å². The molecule has 0 aromatic carbocycles. The Kier molecular flexibility index (Phi) is 3.48. The topological polar surface area (TPSA) is 74.5 Å². The number of hydrogen-bond donors (Lipinski definition) is 0. The smallest absolute Gasteiger partial charge is 0.388 e. The van der Waals surface area contributed by atoms with Crippen molar-refractivity contribution in [2.24, 2.45) is 0 Å². The zero-order valence-electron chi connectivity index (χ0n) is 7.82. The van der Waals surface area contributed by atoms with Gasteiger partial charge in [-0.25, -0.2) is 4.39 Å². The number of aromatic nitrogens is 1. The Bertz CT molecular complexity index is 413. The van der Waals surface area contributed by atoms with Crippen LogP contribution in [-0.4, -0.2) is 23.6 Å². The van der Waals surface area contributed by atoms with Gasteiger partial charge >= 0.3 is 12.3 Å². The standard InChI is InChI=1S/C7H5F3N2O4/c1-15-6-4(12(13)14)2-3(8)5(11-6)16-7(9)10/h2,7H,1H3. The van der Waals surface area contributed by atoms with Crippen LogP contribution in [0.5, 0.6) is 11.8 Å². The first-order valence-electron chi connectivity index (χ1n) is 3.79. The van der Waals surface area contributed by atoms with Gasteiger partial charge in [-0.05, 0) is 0 Å². The normalized spacial score (nSPS) is 10.3. The quantitative estimate of drug-likeness (QED) is 0.589. The van der Waals surface area contributed by atoms with Gasteiger partial charge < -0.3 is 9.47 Å². The molecule has 1 aromatic heterocycles. The molecule has 6 nitrogen and oxygen atoms in total. The maximum absolute atomic E-state index is 13.0. The largest absolute Gasteiger partial charge is 0.476 e. The van der Waals surface area contributed by atoms with E-state index in [0.29, 0.717) is 6.07 Å². The van der Waals surface area contributed by atoms with Crippen molar-refractivity contribution in [2.75, 3.05) is 7.11 Å². The molecule has 1 heterocycles. The number of pyridine rings is 1. The van der Waals surface area contributed by atoms with Gasteiger partial charge in [0, 0.05) is 0 Å². The number of alkyl halides is 2. The molecule has 0 bridgehead atoms. The summed E-state index contributed by atoms with van der Waals surface area (Å²) in [6.07, 6.45) is 0. The molecule has 0 saturated carbocycles. The molecule has 88 valence electrons. The molecule has 0 aliphatic rings. The van der Waals surface area contributed by atoms with E-state index in [-0.39, 0.29) is 0 Å². The number of nitro groups is 1. The van der Waals surface area contributed by atoms with Crippen LogP contribution in [0.1, 0.15) is 0 Å². The molecule has 0 aliphatic heterocycles. The van der Waals surface area contributed by atoms with Crippen molar-refractivity contribution in [1.29, 1.82) is 0 Å². The fourth-order valence-electron chi connectivity index (χ4n) is 0.894. The lowest BCUT2D eigenvalue weighted by Gasteiger charge is -2.06. The molecule has 0 radical (unpaired) electrons. The highest BCUT2D eigenvalue weighted by molar-refractivity contribution is 5.43. The maximum Gasteiger partial charge on any atom is 0.388 e. The molecule has 9 heteroatoms. The molecule has 0 saturated heterocycles. The van der Waals surface area contributed by atoms with Crippen LogP contribution in [0.2, 0.25) is 0 Å². The highest BCUT2D eigenvalue weighted by Gasteiger charge is 2.23. The zero-order chi connectivity index (χ0) is 12.3. The summed E-state index contributed by atoms with van der Waals surface area (Å²) < 4.78 is 44.7. The summed E-state index contributed by atoms with van der Waals surface area (Å²) in [6, 6.07) is 0.392. The minimum absolute atomic E-state index is 0.392. The molecule has 0 atom stereocenters. The third kappa shape index (κ3) is 2.49. The van der Waals surface area contributed by atoms with E-state index in [1.165, 1.54) is 0 Å². The van der Waals surface area contributed by atoms with Crippen molar-refractivity contribution in [2.45, 2.75) is 6.61 Å². The van der Waals surface area contributed by atoms with Crippen LogP contribution in [0.15, 0.2) is 6.07 Å². The summed E-state index contributed by atoms with van der Waals surface area (Å²) in [5, 5.41) is 10.4. The molecule has 0 N–H and O–H groups in total. The van der Waals surface area contributed by atoms with Gasteiger partial charge in [-0.2, -0.15) is 13.8 Å². The van der Waals surface area contributed by atoms with Crippen LogP contribution in [-0.2, 0) is 0 Å². The van der Waals surface area contributed by atoms with Gasteiger partial charge in [0.15, 0.2) is 5.82 Å². The van der Waals surface area contributed by atoms with E-state index in [0.717, 1.165) is 7.11 Å². The van der Waals surface area contributed by atoms with Crippen LogP contribution in [0.4, 0.5) is 18.9 Å². The first-order chi connectivity index (χ1) is 7.45. The lowest BCUT2D eigenvalue weighted by Crippen LogP contribution is -2.07. The fourth-order valence-corrected chi connectivity index (χ4v) is 0.894. The summed E-state index contributed by atoms with van der Waals surface area (Å²) in [6.45, 7) is -3.28. The van der Waals surface area contributed by atoms with E-state index in [4.69, 9.17) is 0 Å². The van der Waals surface area contributed by atoms with Gasteiger partial charge in [-0.3, -0.25) is 10.1 Å².